The molecule has 1 aliphatic carbocycles. The van der Waals surface area contributed by atoms with Gasteiger partial charge < -0.3 is 20.6 Å². The molecule has 21 heavy (non-hydrogen) atoms. The zero-order valence-electron chi connectivity index (χ0n) is 12.9. The van der Waals surface area contributed by atoms with Crippen LogP contribution in [-0.4, -0.2) is 48.7 Å². The molecule has 120 valence electrons. The number of amidine groups is 1. The van der Waals surface area contributed by atoms with Crippen molar-refractivity contribution in [3.63, 3.8) is 0 Å². The van der Waals surface area contributed by atoms with E-state index in [2.05, 4.69) is 5.16 Å². The molecule has 2 aliphatic rings. The second-order valence-electron chi connectivity index (χ2n) is 6.34. The van der Waals surface area contributed by atoms with Crippen LogP contribution in [-0.2, 0) is 9.53 Å². The number of piperidine rings is 1. The molecular formula is C15H27N3O3. The highest BCUT2D eigenvalue weighted by molar-refractivity contribution is 6.06. The normalized spacial score (nSPS) is 26.6. The lowest BCUT2D eigenvalue weighted by atomic mass is 9.71. The SMILES string of the molecule is COCC1CCCN(C(=O)C2(C(N)=NO)CCCCC2)C1. The largest absolute Gasteiger partial charge is 0.409 e. The summed E-state index contributed by atoms with van der Waals surface area (Å²) in [6.07, 6.45) is 6.48. The third-order valence-electron chi connectivity index (χ3n) is 4.92. The minimum Gasteiger partial charge on any atom is -0.409 e. The first kappa shape index (κ1) is 16.1. The molecule has 1 amide bonds. The van der Waals surface area contributed by atoms with Crippen molar-refractivity contribution in [3.8, 4) is 0 Å². The lowest BCUT2D eigenvalue weighted by Crippen LogP contribution is -2.54. The first-order chi connectivity index (χ1) is 10.1. The minimum absolute atomic E-state index is 0.0401. The number of rotatable bonds is 4. The molecule has 0 aromatic rings. The smallest absolute Gasteiger partial charge is 0.236 e. The molecule has 1 unspecified atom stereocenters. The van der Waals surface area contributed by atoms with E-state index in [0.717, 1.165) is 38.6 Å². The fourth-order valence-electron chi connectivity index (χ4n) is 3.75. The molecule has 1 aliphatic heterocycles. The van der Waals surface area contributed by atoms with E-state index in [9.17, 15) is 4.79 Å². The second kappa shape index (κ2) is 7.11. The van der Waals surface area contributed by atoms with Crippen LogP contribution < -0.4 is 5.73 Å². The Morgan fingerprint density at radius 3 is 2.71 bits per heavy atom. The topological polar surface area (TPSA) is 88.2 Å². The molecule has 2 fully saturated rings. The standard InChI is InChI=1S/C15H27N3O3/c1-21-11-12-6-5-9-18(10-12)14(19)15(13(16)17-20)7-3-2-4-8-15/h12,20H,2-11H2,1H3,(H2,16,17). The molecule has 0 radical (unpaired) electrons. The Morgan fingerprint density at radius 2 is 2.10 bits per heavy atom. The number of nitrogens with zero attached hydrogens (tertiary/aromatic N) is 2. The zero-order chi connectivity index (χ0) is 15.3. The molecule has 1 saturated heterocycles. The predicted octanol–water partition coefficient (Wildman–Crippen LogP) is 1.57. The maximum atomic E-state index is 13.0. The number of likely N-dealkylation sites (tertiary alicyclic amines) is 1. The Morgan fingerprint density at radius 1 is 1.38 bits per heavy atom. The van der Waals surface area contributed by atoms with Crippen LogP contribution in [0, 0.1) is 11.3 Å². The third-order valence-corrected chi connectivity index (χ3v) is 4.92. The Labute approximate surface area is 126 Å². The summed E-state index contributed by atoms with van der Waals surface area (Å²) in [4.78, 5) is 14.9. The van der Waals surface area contributed by atoms with Gasteiger partial charge in [0.15, 0.2) is 5.84 Å². The molecule has 2 rings (SSSR count). The summed E-state index contributed by atoms with van der Waals surface area (Å²) in [5.74, 6) is 0.514. The van der Waals surface area contributed by atoms with Crippen molar-refractivity contribution in [1.82, 2.24) is 4.90 Å². The number of amides is 1. The van der Waals surface area contributed by atoms with Crippen molar-refractivity contribution in [3.05, 3.63) is 0 Å². The number of oxime groups is 1. The Bertz CT molecular complexity index is 390. The third kappa shape index (κ3) is 3.31. The van der Waals surface area contributed by atoms with E-state index >= 15 is 0 Å². The highest BCUT2D eigenvalue weighted by Gasteiger charge is 2.46. The van der Waals surface area contributed by atoms with Gasteiger partial charge in [-0.15, -0.1) is 0 Å². The molecule has 0 bridgehead atoms. The number of methoxy groups -OCH3 is 1. The summed E-state index contributed by atoms with van der Waals surface area (Å²) in [6, 6.07) is 0. The summed E-state index contributed by atoms with van der Waals surface area (Å²) in [5.41, 5.74) is 5.12. The monoisotopic (exact) mass is 297 g/mol. The number of hydrogen-bond acceptors (Lipinski definition) is 4. The molecule has 3 N–H and O–H groups in total. The van der Waals surface area contributed by atoms with Gasteiger partial charge in [-0.25, -0.2) is 0 Å². The van der Waals surface area contributed by atoms with Crippen molar-refractivity contribution < 1.29 is 14.7 Å². The van der Waals surface area contributed by atoms with Crippen LogP contribution in [0.5, 0.6) is 0 Å². The van der Waals surface area contributed by atoms with Crippen molar-refractivity contribution in [2.24, 2.45) is 22.2 Å². The van der Waals surface area contributed by atoms with E-state index < -0.39 is 5.41 Å². The number of ether oxygens (including phenoxy) is 1. The first-order valence-electron chi connectivity index (χ1n) is 7.90. The lowest BCUT2D eigenvalue weighted by molar-refractivity contribution is -0.142. The quantitative estimate of drug-likeness (QED) is 0.357. The molecule has 6 heteroatoms. The minimum atomic E-state index is -0.790. The summed E-state index contributed by atoms with van der Waals surface area (Å²) in [6.45, 7) is 2.16. The summed E-state index contributed by atoms with van der Waals surface area (Å²) >= 11 is 0. The molecule has 6 nitrogen and oxygen atoms in total. The van der Waals surface area contributed by atoms with Gasteiger partial charge in [-0.3, -0.25) is 4.79 Å². The molecule has 0 aromatic heterocycles. The summed E-state index contributed by atoms with van der Waals surface area (Å²) in [5, 5.41) is 12.3. The molecule has 1 saturated carbocycles. The number of carbonyl (C=O) groups excluding carboxylic acids is 1. The zero-order valence-corrected chi connectivity index (χ0v) is 12.9. The fourth-order valence-corrected chi connectivity index (χ4v) is 3.75. The Hall–Kier alpha value is -1.30. The van der Waals surface area contributed by atoms with Gasteiger partial charge in [0, 0.05) is 20.2 Å². The molecule has 0 spiro atoms. The highest BCUT2D eigenvalue weighted by Crippen LogP contribution is 2.39. The van der Waals surface area contributed by atoms with Crippen molar-refractivity contribution in [2.45, 2.75) is 44.9 Å². The fraction of sp³-hybridized carbons (Fsp3) is 0.867. The van der Waals surface area contributed by atoms with Gasteiger partial charge in [0.1, 0.15) is 5.41 Å². The van der Waals surface area contributed by atoms with E-state index in [4.69, 9.17) is 15.7 Å². The molecule has 1 atom stereocenters. The van der Waals surface area contributed by atoms with Crippen molar-refractivity contribution in [1.29, 1.82) is 0 Å². The second-order valence-corrected chi connectivity index (χ2v) is 6.34. The maximum absolute atomic E-state index is 13.0. The van der Waals surface area contributed by atoms with E-state index in [0.29, 0.717) is 31.9 Å². The van der Waals surface area contributed by atoms with Crippen LogP contribution in [0.4, 0.5) is 0 Å². The predicted molar refractivity (Wildman–Crippen MR) is 80.1 cm³/mol. The van der Waals surface area contributed by atoms with Crippen molar-refractivity contribution in [2.75, 3.05) is 26.8 Å². The average molecular weight is 297 g/mol. The van der Waals surface area contributed by atoms with Crippen LogP contribution in [0.2, 0.25) is 0 Å². The number of hydrogen-bond donors (Lipinski definition) is 2. The summed E-state index contributed by atoms with van der Waals surface area (Å²) in [7, 11) is 1.69. The van der Waals surface area contributed by atoms with Gasteiger partial charge in [-0.05, 0) is 31.6 Å². The van der Waals surface area contributed by atoms with Crippen LogP contribution in [0.1, 0.15) is 44.9 Å². The van der Waals surface area contributed by atoms with Gasteiger partial charge in [-0.2, -0.15) is 0 Å². The van der Waals surface area contributed by atoms with E-state index in [-0.39, 0.29) is 11.7 Å². The Kier molecular flexibility index (Phi) is 5.45. The molecule has 0 aromatic carbocycles. The van der Waals surface area contributed by atoms with Gasteiger partial charge >= 0.3 is 0 Å². The number of carbonyl (C=O) groups is 1. The lowest BCUT2D eigenvalue weighted by Gasteiger charge is -2.41. The van der Waals surface area contributed by atoms with Crippen molar-refractivity contribution >= 4 is 11.7 Å². The number of nitrogens with two attached hydrogens (primary N) is 1. The van der Waals surface area contributed by atoms with Crippen LogP contribution in [0.25, 0.3) is 0 Å². The van der Waals surface area contributed by atoms with Gasteiger partial charge in [-0.1, -0.05) is 24.4 Å². The maximum Gasteiger partial charge on any atom is 0.236 e. The first-order valence-corrected chi connectivity index (χ1v) is 7.90. The Balaban J connectivity index is 2.14. The van der Waals surface area contributed by atoms with E-state index in [1.807, 2.05) is 4.90 Å². The molecular weight excluding hydrogens is 270 g/mol. The highest BCUT2D eigenvalue weighted by atomic mass is 16.5. The van der Waals surface area contributed by atoms with E-state index in [1.54, 1.807) is 7.11 Å². The summed E-state index contributed by atoms with van der Waals surface area (Å²) < 4.78 is 5.22. The molecule has 1 heterocycles. The van der Waals surface area contributed by atoms with Crippen LogP contribution in [0.15, 0.2) is 5.16 Å². The van der Waals surface area contributed by atoms with Gasteiger partial charge in [0.2, 0.25) is 5.91 Å². The van der Waals surface area contributed by atoms with Gasteiger partial charge in [0.05, 0.1) is 6.61 Å². The van der Waals surface area contributed by atoms with Crippen LogP contribution >= 0.6 is 0 Å². The van der Waals surface area contributed by atoms with Crippen LogP contribution in [0.3, 0.4) is 0 Å². The van der Waals surface area contributed by atoms with E-state index in [1.165, 1.54) is 0 Å². The van der Waals surface area contributed by atoms with Gasteiger partial charge in [0.25, 0.3) is 0 Å². The average Bonchev–Trinajstić information content (AvgIpc) is 2.54.